The molecular weight excluding hydrogens is 440 g/mol. The SMILES string of the molecule is CCN(C[C@@]12CC[C@@H](c3cc(-c4c(F)cccc4F)nnc31)C2(C)C)C(=O)c1cnc[nH]c1=O. The minimum Gasteiger partial charge on any atom is -0.338 e. The first-order valence-corrected chi connectivity index (χ1v) is 11.4. The zero-order chi connectivity index (χ0) is 24.3. The molecule has 1 amide bonds. The second-order valence-corrected chi connectivity index (χ2v) is 9.64. The smallest absolute Gasteiger partial charge is 0.263 e. The van der Waals surface area contributed by atoms with E-state index in [2.05, 4.69) is 34.0 Å². The van der Waals surface area contributed by atoms with Gasteiger partial charge in [-0.05, 0) is 54.9 Å². The Morgan fingerprint density at radius 2 is 1.97 bits per heavy atom. The highest BCUT2D eigenvalue weighted by Crippen LogP contribution is 2.67. The van der Waals surface area contributed by atoms with Crippen molar-refractivity contribution in [3.05, 3.63) is 75.6 Å². The first-order chi connectivity index (χ1) is 16.2. The first kappa shape index (κ1) is 22.3. The first-order valence-electron chi connectivity index (χ1n) is 11.4. The van der Waals surface area contributed by atoms with Crippen LogP contribution in [0.2, 0.25) is 0 Å². The van der Waals surface area contributed by atoms with Crippen LogP contribution in [0.15, 0.2) is 41.6 Å². The maximum atomic E-state index is 14.4. The molecule has 1 aromatic carbocycles. The minimum absolute atomic E-state index is 0.0113. The molecule has 1 N–H and O–H groups in total. The number of carbonyl (C=O) groups excluding carboxylic acids is 1. The van der Waals surface area contributed by atoms with E-state index < -0.39 is 28.5 Å². The van der Waals surface area contributed by atoms with Gasteiger partial charge in [0.1, 0.15) is 17.2 Å². The molecule has 2 aromatic heterocycles. The highest BCUT2D eigenvalue weighted by Gasteiger charge is 2.64. The molecule has 176 valence electrons. The Balaban J connectivity index is 1.57. The number of aromatic amines is 1. The molecule has 0 saturated heterocycles. The molecule has 2 atom stereocenters. The average Bonchev–Trinajstić information content (AvgIpc) is 3.17. The number of amides is 1. The molecule has 1 saturated carbocycles. The number of hydrogen-bond donors (Lipinski definition) is 1. The van der Waals surface area contributed by atoms with Crippen LogP contribution in [-0.4, -0.2) is 44.1 Å². The molecule has 1 fully saturated rings. The van der Waals surface area contributed by atoms with Crippen LogP contribution in [0.1, 0.15) is 61.1 Å². The second-order valence-electron chi connectivity index (χ2n) is 9.64. The van der Waals surface area contributed by atoms with Crippen LogP contribution < -0.4 is 5.56 Å². The molecule has 3 aromatic rings. The Hall–Kier alpha value is -3.49. The van der Waals surface area contributed by atoms with Crippen LogP contribution in [0.5, 0.6) is 0 Å². The molecular formula is C25H25F2N5O2. The number of likely N-dealkylation sites (N-methyl/N-ethyl adjacent to an activating group) is 1. The van der Waals surface area contributed by atoms with E-state index in [-0.39, 0.29) is 28.2 Å². The maximum Gasteiger partial charge on any atom is 0.263 e. The van der Waals surface area contributed by atoms with E-state index in [0.717, 1.165) is 24.1 Å². The van der Waals surface area contributed by atoms with Crippen LogP contribution in [0.3, 0.4) is 0 Å². The van der Waals surface area contributed by atoms with Crippen LogP contribution in [-0.2, 0) is 5.41 Å². The summed E-state index contributed by atoms with van der Waals surface area (Å²) in [4.78, 5) is 33.4. The predicted molar refractivity (Wildman–Crippen MR) is 121 cm³/mol. The number of rotatable bonds is 5. The van der Waals surface area contributed by atoms with Gasteiger partial charge in [0.2, 0.25) is 0 Å². The third kappa shape index (κ3) is 3.02. The summed E-state index contributed by atoms with van der Waals surface area (Å²) in [6, 6.07) is 5.48. The molecule has 2 aliphatic carbocycles. The largest absolute Gasteiger partial charge is 0.338 e. The predicted octanol–water partition coefficient (Wildman–Crippen LogP) is 3.82. The van der Waals surface area contributed by atoms with Gasteiger partial charge in [-0.15, -0.1) is 0 Å². The number of benzene rings is 1. The van der Waals surface area contributed by atoms with Gasteiger partial charge in [0.15, 0.2) is 0 Å². The molecule has 0 spiro atoms. The van der Waals surface area contributed by atoms with Crippen molar-refractivity contribution in [2.45, 2.75) is 44.9 Å². The van der Waals surface area contributed by atoms with Gasteiger partial charge in [-0.3, -0.25) is 9.59 Å². The lowest BCUT2D eigenvalue weighted by Gasteiger charge is -2.41. The highest BCUT2D eigenvalue weighted by atomic mass is 19.1. The Morgan fingerprint density at radius 1 is 1.24 bits per heavy atom. The zero-order valence-electron chi connectivity index (χ0n) is 19.2. The number of halogens is 2. The van der Waals surface area contributed by atoms with Gasteiger partial charge in [0, 0.05) is 24.7 Å². The van der Waals surface area contributed by atoms with Crippen molar-refractivity contribution in [1.82, 2.24) is 25.1 Å². The van der Waals surface area contributed by atoms with Crippen molar-refractivity contribution in [2.75, 3.05) is 13.1 Å². The molecule has 0 unspecified atom stereocenters. The number of aromatic nitrogens is 4. The molecule has 0 aliphatic heterocycles. The topological polar surface area (TPSA) is 91.8 Å². The molecule has 2 heterocycles. The van der Waals surface area contributed by atoms with Gasteiger partial charge in [-0.2, -0.15) is 10.2 Å². The van der Waals surface area contributed by atoms with Gasteiger partial charge in [-0.25, -0.2) is 13.8 Å². The number of fused-ring (bicyclic) bond motifs is 5. The number of nitrogens with one attached hydrogen (secondary N) is 1. The van der Waals surface area contributed by atoms with Crippen molar-refractivity contribution in [1.29, 1.82) is 0 Å². The van der Waals surface area contributed by atoms with Crippen LogP contribution in [0.4, 0.5) is 8.78 Å². The molecule has 0 radical (unpaired) electrons. The Morgan fingerprint density at radius 3 is 2.65 bits per heavy atom. The fraction of sp³-hybridized carbons (Fsp3) is 0.400. The van der Waals surface area contributed by atoms with Crippen LogP contribution in [0, 0.1) is 17.0 Å². The summed E-state index contributed by atoms with van der Waals surface area (Å²) in [7, 11) is 0. The summed E-state index contributed by atoms with van der Waals surface area (Å²) < 4.78 is 28.8. The summed E-state index contributed by atoms with van der Waals surface area (Å²) in [6.07, 6.45) is 4.19. The van der Waals surface area contributed by atoms with Crippen LogP contribution in [0.25, 0.3) is 11.3 Å². The third-order valence-electron chi connectivity index (χ3n) is 7.91. The number of hydrogen-bond acceptors (Lipinski definition) is 5. The average molecular weight is 466 g/mol. The number of nitrogens with zero attached hydrogens (tertiary/aromatic N) is 4. The van der Waals surface area contributed by atoms with E-state index >= 15 is 0 Å². The number of carbonyl (C=O) groups is 1. The van der Waals surface area contributed by atoms with E-state index in [1.165, 1.54) is 30.7 Å². The van der Waals surface area contributed by atoms with Crippen molar-refractivity contribution < 1.29 is 13.6 Å². The monoisotopic (exact) mass is 465 g/mol. The Bertz CT molecular complexity index is 1330. The highest BCUT2D eigenvalue weighted by molar-refractivity contribution is 5.93. The summed E-state index contributed by atoms with van der Waals surface area (Å²) in [5.41, 5.74) is 0.405. The third-order valence-corrected chi connectivity index (χ3v) is 7.91. The normalized spacial score (nSPS) is 22.0. The van der Waals surface area contributed by atoms with E-state index in [1.807, 2.05) is 6.92 Å². The van der Waals surface area contributed by atoms with Crippen molar-refractivity contribution >= 4 is 5.91 Å². The van der Waals surface area contributed by atoms with Gasteiger partial charge < -0.3 is 9.88 Å². The molecule has 2 aliphatic rings. The van der Waals surface area contributed by atoms with E-state index in [1.54, 1.807) is 11.0 Å². The van der Waals surface area contributed by atoms with Crippen molar-refractivity contribution in [3.8, 4) is 11.3 Å². The number of H-pyrrole nitrogens is 1. The standard InChI is InChI=1S/C25H25F2N5O2/c1-4-32(23(34)15-11-28-13-29-22(15)33)12-25-9-8-16(24(25,2)3)14-10-19(30-31-21(14)25)20-17(26)6-5-7-18(20)27/h5-7,10-11,13,16H,4,8-9,12H2,1-3H3,(H,28,29,33)/t16-,25-/m0/s1. The lowest BCUT2D eigenvalue weighted by atomic mass is 9.68. The molecule has 7 nitrogen and oxygen atoms in total. The fourth-order valence-electron chi connectivity index (χ4n) is 5.96. The van der Waals surface area contributed by atoms with E-state index in [0.29, 0.717) is 13.1 Å². The molecule has 9 heteroatoms. The summed E-state index contributed by atoms with van der Waals surface area (Å²) in [6.45, 7) is 6.91. The Labute approximate surface area is 195 Å². The Kier molecular flexibility index (Phi) is 5.11. The zero-order valence-corrected chi connectivity index (χ0v) is 19.2. The molecule has 34 heavy (non-hydrogen) atoms. The summed E-state index contributed by atoms with van der Waals surface area (Å²) >= 11 is 0. The van der Waals surface area contributed by atoms with Crippen molar-refractivity contribution in [3.63, 3.8) is 0 Å². The minimum atomic E-state index is -0.684. The van der Waals surface area contributed by atoms with Crippen LogP contribution >= 0.6 is 0 Å². The molecule has 5 rings (SSSR count). The van der Waals surface area contributed by atoms with E-state index in [4.69, 9.17) is 0 Å². The second kappa shape index (κ2) is 7.78. The lowest BCUT2D eigenvalue weighted by Crippen LogP contribution is -2.49. The van der Waals surface area contributed by atoms with Gasteiger partial charge in [-0.1, -0.05) is 19.9 Å². The van der Waals surface area contributed by atoms with Gasteiger partial charge in [0.05, 0.1) is 23.3 Å². The maximum absolute atomic E-state index is 14.4. The quantitative estimate of drug-likeness (QED) is 0.619. The fourth-order valence-corrected chi connectivity index (χ4v) is 5.96. The van der Waals surface area contributed by atoms with E-state index in [9.17, 15) is 18.4 Å². The summed E-state index contributed by atoms with van der Waals surface area (Å²) in [5, 5.41) is 8.73. The molecule has 2 bridgehead atoms. The van der Waals surface area contributed by atoms with Gasteiger partial charge in [0.25, 0.3) is 11.5 Å². The summed E-state index contributed by atoms with van der Waals surface area (Å²) in [5.74, 6) is -1.65. The van der Waals surface area contributed by atoms with Gasteiger partial charge >= 0.3 is 0 Å². The lowest BCUT2D eigenvalue weighted by molar-refractivity contribution is 0.0650. The van der Waals surface area contributed by atoms with Crippen molar-refractivity contribution in [2.24, 2.45) is 5.41 Å².